The summed E-state index contributed by atoms with van der Waals surface area (Å²) >= 11 is 0. The Balaban J connectivity index is 4.06. The van der Waals surface area contributed by atoms with Crippen LogP contribution in [-0.2, 0) is 9.53 Å². The fraction of sp³-hybridized carbons (Fsp3) is 0.750. The van der Waals surface area contributed by atoms with E-state index in [9.17, 15) is 4.79 Å². The van der Waals surface area contributed by atoms with Crippen LogP contribution >= 0.6 is 0 Å². The molecule has 0 saturated carbocycles. The molecule has 14 heavy (non-hydrogen) atoms. The summed E-state index contributed by atoms with van der Waals surface area (Å²) in [6.07, 6.45) is 3.59. The topological polar surface area (TPSA) is 26.3 Å². The first kappa shape index (κ1) is 13.2. The minimum atomic E-state index is -0.495. The summed E-state index contributed by atoms with van der Waals surface area (Å²) in [5.74, 6) is 1.31. The van der Waals surface area contributed by atoms with Gasteiger partial charge in [-0.25, -0.2) is 0 Å². The van der Waals surface area contributed by atoms with Crippen molar-refractivity contribution in [3.8, 4) is 0 Å². The van der Waals surface area contributed by atoms with Gasteiger partial charge in [0.15, 0.2) is 0 Å². The predicted octanol–water partition coefficient (Wildman–Crippen LogP) is 3.18. The largest absolute Gasteiger partial charge is 0.457 e. The summed E-state index contributed by atoms with van der Waals surface area (Å²) in [7, 11) is 0. The smallest absolute Gasteiger partial charge is 0.293 e. The second-order valence-electron chi connectivity index (χ2n) is 4.49. The van der Waals surface area contributed by atoms with Crippen LogP contribution in [0.3, 0.4) is 0 Å². The molecular weight excluding hydrogens is 176 g/mol. The van der Waals surface area contributed by atoms with Crippen molar-refractivity contribution in [1.82, 2.24) is 0 Å². The maximum absolute atomic E-state index is 10.3. The first-order valence-corrected chi connectivity index (χ1v) is 5.20. The standard InChI is InChI=1S/C12H22O2/c1-6-12(5,14-9-13)8-7-11(4)10(2)3/h6,9-11H,1,7-8H2,2-5H3. The van der Waals surface area contributed by atoms with E-state index >= 15 is 0 Å². The third kappa shape index (κ3) is 4.45. The normalized spacial score (nSPS) is 17.2. The van der Waals surface area contributed by atoms with Gasteiger partial charge in [0.05, 0.1) is 0 Å². The molecule has 0 amide bonds. The molecule has 2 unspecified atom stereocenters. The van der Waals surface area contributed by atoms with E-state index in [1.165, 1.54) is 0 Å². The van der Waals surface area contributed by atoms with E-state index in [-0.39, 0.29) is 0 Å². The van der Waals surface area contributed by atoms with Gasteiger partial charge in [-0.3, -0.25) is 4.79 Å². The first-order valence-electron chi connectivity index (χ1n) is 5.20. The Kier molecular flexibility index (Phi) is 5.51. The van der Waals surface area contributed by atoms with Crippen LogP contribution in [0, 0.1) is 11.8 Å². The molecule has 0 fully saturated rings. The summed E-state index contributed by atoms with van der Waals surface area (Å²) in [5, 5.41) is 0. The van der Waals surface area contributed by atoms with Gasteiger partial charge < -0.3 is 4.74 Å². The molecule has 82 valence electrons. The average Bonchev–Trinajstić information content (AvgIpc) is 2.14. The summed E-state index contributed by atoms with van der Waals surface area (Å²) in [6.45, 7) is 12.7. The third-order valence-electron chi connectivity index (χ3n) is 2.98. The molecular formula is C12H22O2. The van der Waals surface area contributed by atoms with E-state index in [4.69, 9.17) is 4.74 Å². The monoisotopic (exact) mass is 198 g/mol. The maximum Gasteiger partial charge on any atom is 0.293 e. The van der Waals surface area contributed by atoms with Crippen LogP contribution in [0.2, 0.25) is 0 Å². The minimum Gasteiger partial charge on any atom is -0.457 e. The predicted molar refractivity (Wildman–Crippen MR) is 59.0 cm³/mol. The fourth-order valence-electron chi connectivity index (χ4n) is 1.17. The van der Waals surface area contributed by atoms with Gasteiger partial charge in [-0.1, -0.05) is 27.4 Å². The van der Waals surface area contributed by atoms with Gasteiger partial charge in [0.2, 0.25) is 0 Å². The molecule has 0 heterocycles. The zero-order chi connectivity index (χ0) is 11.2. The summed E-state index contributed by atoms with van der Waals surface area (Å²) in [5.41, 5.74) is -0.495. The van der Waals surface area contributed by atoms with Crippen molar-refractivity contribution >= 4 is 6.47 Å². The SMILES string of the molecule is C=CC(C)(CCC(C)C(C)C)OC=O. The van der Waals surface area contributed by atoms with Crippen molar-refractivity contribution in [2.75, 3.05) is 0 Å². The van der Waals surface area contributed by atoms with Crippen LogP contribution in [0.5, 0.6) is 0 Å². The van der Waals surface area contributed by atoms with Gasteiger partial charge >= 0.3 is 0 Å². The molecule has 0 aliphatic rings. The molecule has 0 aliphatic heterocycles. The van der Waals surface area contributed by atoms with Gasteiger partial charge in [0, 0.05) is 0 Å². The second-order valence-corrected chi connectivity index (χ2v) is 4.49. The maximum atomic E-state index is 10.3. The van der Waals surface area contributed by atoms with Crippen LogP contribution in [-0.4, -0.2) is 12.1 Å². The van der Waals surface area contributed by atoms with E-state index in [2.05, 4.69) is 27.4 Å². The average molecular weight is 198 g/mol. The van der Waals surface area contributed by atoms with Crippen molar-refractivity contribution in [2.45, 2.75) is 46.1 Å². The highest BCUT2D eigenvalue weighted by molar-refractivity contribution is 5.39. The van der Waals surface area contributed by atoms with E-state index in [1.54, 1.807) is 6.08 Å². The minimum absolute atomic E-state index is 0.495. The van der Waals surface area contributed by atoms with Gasteiger partial charge in [0.25, 0.3) is 6.47 Å². The van der Waals surface area contributed by atoms with Crippen LogP contribution in [0.25, 0.3) is 0 Å². The fourth-order valence-corrected chi connectivity index (χ4v) is 1.17. The number of carbonyl (C=O) groups excluding carboxylic acids is 1. The van der Waals surface area contributed by atoms with Crippen LogP contribution < -0.4 is 0 Å². The van der Waals surface area contributed by atoms with Gasteiger partial charge in [-0.05, 0) is 37.7 Å². The molecule has 2 heteroatoms. The molecule has 0 aromatic rings. The highest BCUT2D eigenvalue weighted by Crippen LogP contribution is 2.24. The van der Waals surface area contributed by atoms with Crippen molar-refractivity contribution < 1.29 is 9.53 Å². The summed E-state index contributed by atoms with van der Waals surface area (Å²) in [4.78, 5) is 10.3. The van der Waals surface area contributed by atoms with E-state index in [1.807, 2.05) is 6.92 Å². The van der Waals surface area contributed by atoms with Crippen LogP contribution in [0.4, 0.5) is 0 Å². The lowest BCUT2D eigenvalue weighted by Crippen LogP contribution is -2.26. The lowest BCUT2D eigenvalue weighted by Gasteiger charge is -2.26. The number of hydrogen-bond acceptors (Lipinski definition) is 2. The van der Waals surface area contributed by atoms with Crippen molar-refractivity contribution in [1.29, 1.82) is 0 Å². The molecule has 0 spiro atoms. The van der Waals surface area contributed by atoms with Gasteiger partial charge in [0.1, 0.15) is 5.60 Å². The molecule has 0 aromatic carbocycles. The number of hydrogen-bond donors (Lipinski definition) is 0. The molecule has 0 rings (SSSR count). The lowest BCUT2D eigenvalue weighted by atomic mass is 9.88. The summed E-state index contributed by atoms with van der Waals surface area (Å²) in [6, 6.07) is 0. The Morgan fingerprint density at radius 3 is 2.36 bits per heavy atom. The Bertz CT molecular complexity index is 187. The van der Waals surface area contributed by atoms with Crippen molar-refractivity contribution in [3.05, 3.63) is 12.7 Å². The number of rotatable bonds is 7. The van der Waals surface area contributed by atoms with E-state index in [0.29, 0.717) is 18.3 Å². The Labute approximate surface area is 87.3 Å². The van der Waals surface area contributed by atoms with Crippen molar-refractivity contribution in [2.24, 2.45) is 11.8 Å². The first-order chi connectivity index (χ1) is 6.45. The highest BCUT2D eigenvalue weighted by Gasteiger charge is 2.22. The van der Waals surface area contributed by atoms with Gasteiger partial charge in [-0.15, -0.1) is 0 Å². The van der Waals surface area contributed by atoms with Gasteiger partial charge in [-0.2, -0.15) is 0 Å². The Morgan fingerprint density at radius 2 is 2.00 bits per heavy atom. The van der Waals surface area contributed by atoms with Crippen LogP contribution in [0.15, 0.2) is 12.7 Å². The molecule has 2 nitrogen and oxygen atoms in total. The Hall–Kier alpha value is -0.790. The molecule has 0 N–H and O–H groups in total. The molecule has 0 aliphatic carbocycles. The summed E-state index contributed by atoms with van der Waals surface area (Å²) < 4.78 is 5.01. The number of carbonyl (C=O) groups is 1. The molecule has 2 atom stereocenters. The number of ether oxygens (including phenoxy) is 1. The quantitative estimate of drug-likeness (QED) is 0.464. The zero-order valence-corrected chi connectivity index (χ0v) is 9.75. The van der Waals surface area contributed by atoms with E-state index in [0.717, 1.165) is 12.8 Å². The molecule has 0 bridgehead atoms. The highest BCUT2D eigenvalue weighted by atomic mass is 16.5. The molecule has 0 aromatic heterocycles. The van der Waals surface area contributed by atoms with Crippen molar-refractivity contribution in [3.63, 3.8) is 0 Å². The third-order valence-corrected chi connectivity index (χ3v) is 2.98. The lowest BCUT2D eigenvalue weighted by molar-refractivity contribution is -0.138. The zero-order valence-electron chi connectivity index (χ0n) is 9.75. The molecule has 0 radical (unpaired) electrons. The second kappa shape index (κ2) is 5.84. The van der Waals surface area contributed by atoms with Crippen LogP contribution in [0.1, 0.15) is 40.5 Å². The molecule has 0 saturated heterocycles. The Morgan fingerprint density at radius 1 is 1.43 bits per heavy atom. The van der Waals surface area contributed by atoms with E-state index < -0.39 is 5.60 Å².